The summed E-state index contributed by atoms with van der Waals surface area (Å²) in [4.78, 5) is 12.4. The van der Waals surface area contributed by atoms with Gasteiger partial charge >= 0.3 is 0 Å². The second kappa shape index (κ2) is 7.10. The van der Waals surface area contributed by atoms with Crippen LogP contribution in [-0.4, -0.2) is 5.78 Å². The van der Waals surface area contributed by atoms with Crippen molar-refractivity contribution < 1.29 is 4.79 Å². The predicted octanol–water partition coefficient (Wildman–Crippen LogP) is 5.87. The van der Waals surface area contributed by atoms with E-state index >= 15 is 0 Å². The van der Waals surface area contributed by atoms with E-state index in [4.69, 9.17) is 0 Å². The Morgan fingerprint density at radius 1 is 0.792 bits per heavy atom. The lowest BCUT2D eigenvalue weighted by Gasteiger charge is -2.03. The molecule has 0 spiro atoms. The topological polar surface area (TPSA) is 17.1 Å². The first-order valence-electron chi connectivity index (χ1n) is 8.08. The fraction of sp³-hybridized carbons (Fsp3) is 0.0870. The second-order valence-corrected chi connectivity index (χ2v) is 6.00. The maximum atomic E-state index is 12.4. The van der Waals surface area contributed by atoms with Crippen molar-refractivity contribution in [2.24, 2.45) is 0 Å². The van der Waals surface area contributed by atoms with E-state index in [-0.39, 0.29) is 5.78 Å². The van der Waals surface area contributed by atoms with Gasteiger partial charge in [-0.2, -0.15) is 0 Å². The van der Waals surface area contributed by atoms with E-state index in [2.05, 4.69) is 24.3 Å². The summed E-state index contributed by atoms with van der Waals surface area (Å²) in [5.41, 5.74) is 6.34. The van der Waals surface area contributed by atoms with Gasteiger partial charge in [0, 0.05) is 5.56 Å². The molecule has 3 aromatic carbocycles. The van der Waals surface area contributed by atoms with Gasteiger partial charge in [-0.25, -0.2) is 0 Å². The van der Waals surface area contributed by atoms with Crippen molar-refractivity contribution >= 4 is 11.9 Å². The second-order valence-electron chi connectivity index (χ2n) is 6.00. The van der Waals surface area contributed by atoms with Gasteiger partial charge in [-0.05, 0) is 42.2 Å². The molecule has 3 aromatic rings. The third kappa shape index (κ3) is 3.69. The lowest BCUT2D eigenvalue weighted by Crippen LogP contribution is -1.97. The van der Waals surface area contributed by atoms with E-state index in [0.717, 1.165) is 16.7 Å². The van der Waals surface area contributed by atoms with E-state index in [1.54, 1.807) is 6.08 Å². The predicted molar refractivity (Wildman–Crippen MR) is 101 cm³/mol. The molecule has 0 heterocycles. The average Bonchev–Trinajstić information content (AvgIpc) is 2.61. The number of benzene rings is 3. The van der Waals surface area contributed by atoms with E-state index in [9.17, 15) is 4.79 Å². The molecule has 0 aliphatic heterocycles. The zero-order valence-electron chi connectivity index (χ0n) is 14.0. The Balaban J connectivity index is 1.76. The fourth-order valence-corrected chi connectivity index (χ4v) is 2.77. The van der Waals surface area contributed by atoms with Crippen molar-refractivity contribution in [1.82, 2.24) is 0 Å². The first kappa shape index (κ1) is 15.9. The molecular weight excluding hydrogens is 292 g/mol. The highest BCUT2D eigenvalue weighted by molar-refractivity contribution is 6.07. The fourth-order valence-electron chi connectivity index (χ4n) is 2.77. The molecule has 0 aliphatic rings. The van der Waals surface area contributed by atoms with E-state index < -0.39 is 0 Å². The smallest absolute Gasteiger partial charge is 0.186 e. The lowest BCUT2D eigenvalue weighted by atomic mass is 10.0. The molecule has 0 amide bonds. The maximum Gasteiger partial charge on any atom is 0.186 e. The van der Waals surface area contributed by atoms with Gasteiger partial charge in [0.1, 0.15) is 0 Å². The molecule has 0 saturated heterocycles. The largest absolute Gasteiger partial charge is 0.289 e. The number of allylic oxidation sites excluding steroid dienone is 1. The summed E-state index contributed by atoms with van der Waals surface area (Å²) >= 11 is 0. The van der Waals surface area contributed by atoms with Crippen LogP contribution in [0, 0.1) is 13.8 Å². The number of ketones is 1. The summed E-state index contributed by atoms with van der Waals surface area (Å²) < 4.78 is 0. The van der Waals surface area contributed by atoms with Crippen LogP contribution < -0.4 is 0 Å². The normalized spacial score (nSPS) is 10.9. The molecule has 24 heavy (non-hydrogen) atoms. The monoisotopic (exact) mass is 312 g/mol. The van der Waals surface area contributed by atoms with E-state index in [1.807, 2.05) is 68.5 Å². The van der Waals surface area contributed by atoms with Crippen molar-refractivity contribution in [2.75, 3.05) is 0 Å². The number of hydrogen-bond acceptors (Lipinski definition) is 1. The van der Waals surface area contributed by atoms with Crippen LogP contribution >= 0.6 is 0 Å². The molecule has 0 unspecified atom stereocenters. The molecule has 0 radical (unpaired) electrons. The highest BCUT2D eigenvalue weighted by Gasteiger charge is 2.05. The van der Waals surface area contributed by atoms with Crippen LogP contribution in [0.1, 0.15) is 27.0 Å². The molecule has 0 fully saturated rings. The Kier molecular flexibility index (Phi) is 4.72. The standard InChI is InChI=1S/C23H20O/c1-17-8-14-22(18(2)16-17)23(24)15-11-19-9-12-21(13-10-19)20-6-4-3-5-7-20/h3-16H,1-2H3/b15-11+. The van der Waals surface area contributed by atoms with Crippen molar-refractivity contribution in [3.8, 4) is 11.1 Å². The Hall–Kier alpha value is -2.93. The van der Waals surface area contributed by atoms with Crippen LogP contribution in [0.5, 0.6) is 0 Å². The average molecular weight is 312 g/mol. The zero-order valence-corrected chi connectivity index (χ0v) is 14.0. The molecule has 0 atom stereocenters. The van der Waals surface area contributed by atoms with Crippen LogP contribution in [0.2, 0.25) is 0 Å². The summed E-state index contributed by atoms with van der Waals surface area (Å²) in [6.07, 6.45) is 3.52. The number of hydrogen-bond donors (Lipinski definition) is 0. The van der Waals surface area contributed by atoms with Gasteiger partial charge < -0.3 is 0 Å². The first-order valence-corrected chi connectivity index (χ1v) is 8.08. The van der Waals surface area contributed by atoms with E-state index in [1.165, 1.54) is 16.7 Å². The molecule has 118 valence electrons. The Labute approximate surface area is 143 Å². The molecule has 0 saturated carbocycles. The minimum Gasteiger partial charge on any atom is -0.289 e. The number of carbonyl (C=O) groups is 1. The Morgan fingerprint density at radius 3 is 2.12 bits per heavy atom. The van der Waals surface area contributed by atoms with Gasteiger partial charge in [-0.15, -0.1) is 0 Å². The Morgan fingerprint density at radius 2 is 1.46 bits per heavy atom. The number of carbonyl (C=O) groups excluding carboxylic acids is 1. The van der Waals surface area contributed by atoms with Gasteiger partial charge in [-0.1, -0.05) is 84.4 Å². The third-order valence-electron chi connectivity index (χ3n) is 4.09. The van der Waals surface area contributed by atoms with Crippen molar-refractivity contribution in [3.63, 3.8) is 0 Å². The summed E-state index contributed by atoms with van der Waals surface area (Å²) in [6, 6.07) is 24.4. The molecule has 3 rings (SSSR count). The highest BCUT2D eigenvalue weighted by Crippen LogP contribution is 2.20. The van der Waals surface area contributed by atoms with Crippen molar-refractivity contribution in [2.45, 2.75) is 13.8 Å². The third-order valence-corrected chi connectivity index (χ3v) is 4.09. The van der Waals surface area contributed by atoms with Crippen LogP contribution in [0.3, 0.4) is 0 Å². The van der Waals surface area contributed by atoms with Gasteiger partial charge in [0.25, 0.3) is 0 Å². The molecular formula is C23H20O. The number of aryl methyl sites for hydroxylation is 2. The van der Waals surface area contributed by atoms with Gasteiger partial charge in [0.2, 0.25) is 0 Å². The van der Waals surface area contributed by atoms with Crippen LogP contribution in [0.15, 0.2) is 78.9 Å². The van der Waals surface area contributed by atoms with Gasteiger partial charge in [0.15, 0.2) is 5.78 Å². The first-order chi connectivity index (χ1) is 11.6. The minimum absolute atomic E-state index is 0.0413. The van der Waals surface area contributed by atoms with Gasteiger partial charge in [0.05, 0.1) is 0 Å². The summed E-state index contributed by atoms with van der Waals surface area (Å²) in [5, 5.41) is 0. The summed E-state index contributed by atoms with van der Waals surface area (Å²) in [6.45, 7) is 4.01. The van der Waals surface area contributed by atoms with Crippen LogP contribution in [-0.2, 0) is 0 Å². The zero-order chi connectivity index (χ0) is 16.9. The lowest BCUT2D eigenvalue weighted by molar-refractivity contribution is 0.104. The van der Waals surface area contributed by atoms with Crippen molar-refractivity contribution in [3.05, 3.63) is 101 Å². The molecule has 1 heteroatoms. The SMILES string of the molecule is Cc1ccc(C(=O)/C=C/c2ccc(-c3ccccc3)cc2)c(C)c1. The molecule has 0 aliphatic carbocycles. The maximum absolute atomic E-state index is 12.4. The molecule has 1 nitrogen and oxygen atoms in total. The summed E-state index contributed by atoms with van der Waals surface area (Å²) in [7, 11) is 0. The minimum atomic E-state index is 0.0413. The molecule has 0 aromatic heterocycles. The van der Waals surface area contributed by atoms with E-state index in [0.29, 0.717) is 0 Å². The van der Waals surface area contributed by atoms with Crippen LogP contribution in [0.25, 0.3) is 17.2 Å². The quantitative estimate of drug-likeness (QED) is 0.435. The Bertz CT molecular complexity index is 872. The van der Waals surface area contributed by atoms with Gasteiger partial charge in [-0.3, -0.25) is 4.79 Å². The highest BCUT2D eigenvalue weighted by atomic mass is 16.1. The molecule has 0 N–H and O–H groups in total. The molecule has 0 bridgehead atoms. The number of rotatable bonds is 4. The van der Waals surface area contributed by atoms with Crippen LogP contribution in [0.4, 0.5) is 0 Å². The summed E-state index contributed by atoms with van der Waals surface area (Å²) in [5.74, 6) is 0.0413. The van der Waals surface area contributed by atoms with Crippen molar-refractivity contribution in [1.29, 1.82) is 0 Å².